The summed E-state index contributed by atoms with van der Waals surface area (Å²) in [6.45, 7) is 3.70. The molecule has 88 valence electrons. The molecular weight excluding hydrogens is 228 g/mol. The van der Waals surface area contributed by atoms with Gasteiger partial charge in [0.25, 0.3) is 5.56 Å². The normalized spacial score (nSPS) is 15.4. The van der Waals surface area contributed by atoms with Gasteiger partial charge in [0.15, 0.2) is 0 Å². The van der Waals surface area contributed by atoms with E-state index in [4.69, 9.17) is 16.3 Å². The molecule has 1 fully saturated rings. The standard InChI is InChI=1S/C11H15ClN2O2/c1-2-16-6-5-14-10(15)7-9(12)13-11(14)8-3-4-8/h7-8H,2-6H2,1H3. The van der Waals surface area contributed by atoms with Gasteiger partial charge in [-0.2, -0.15) is 0 Å². The summed E-state index contributed by atoms with van der Waals surface area (Å²) in [4.78, 5) is 16.0. The van der Waals surface area contributed by atoms with Crippen LogP contribution in [0.4, 0.5) is 0 Å². The highest BCUT2D eigenvalue weighted by molar-refractivity contribution is 6.29. The molecule has 1 aliphatic carbocycles. The molecule has 1 aliphatic rings. The number of aromatic nitrogens is 2. The Bertz CT molecular complexity index is 426. The van der Waals surface area contributed by atoms with Crippen LogP contribution in [0.15, 0.2) is 10.9 Å². The zero-order chi connectivity index (χ0) is 11.5. The molecule has 1 saturated carbocycles. The van der Waals surface area contributed by atoms with Gasteiger partial charge in [-0.1, -0.05) is 11.6 Å². The molecule has 5 heteroatoms. The zero-order valence-electron chi connectivity index (χ0n) is 9.28. The molecule has 0 aliphatic heterocycles. The quantitative estimate of drug-likeness (QED) is 0.584. The van der Waals surface area contributed by atoms with E-state index in [9.17, 15) is 4.79 Å². The van der Waals surface area contributed by atoms with Crippen LogP contribution in [0.5, 0.6) is 0 Å². The summed E-state index contributed by atoms with van der Waals surface area (Å²) in [6, 6.07) is 1.36. The Labute approximate surface area is 99.2 Å². The lowest BCUT2D eigenvalue weighted by molar-refractivity contribution is 0.137. The first-order chi connectivity index (χ1) is 7.72. The Hall–Kier alpha value is -0.870. The van der Waals surface area contributed by atoms with E-state index >= 15 is 0 Å². The van der Waals surface area contributed by atoms with Crippen molar-refractivity contribution in [2.45, 2.75) is 32.2 Å². The molecule has 0 amide bonds. The van der Waals surface area contributed by atoms with Crippen molar-refractivity contribution in [3.8, 4) is 0 Å². The Kier molecular flexibility index (Phi) is 3.61. The highest BCUT2D eigenvalue weighted by atomic mass is 35.5. The summed E-state index contributed by atoms with van der Waals surface area (Å²) in [7, 11) is 0. The van der Waals surface area contributed by atoms with Crippen LogP contribution in [0.2, 0.25) is 5.15 Å². The molecule has 1 aromatic heterocycles. The van der Waals surface area contributed by atoms with Crippen LogP contribution in [0.25, 0.3) is 0 Å². The summed E-state index contributed by atoms with van der Waals surface area (Å²) < 4.78 is 6.94. The van der Waals surface area contributed by atoms with Gasteiger partial charge >= 0.3 is 0 Å². The van der Waals surface area contributed by atoms with Crippen LogP contribution in [0, 0.1) is 0 Å². The highest BCUT2D eigenvalue weighted by Gasteiger charge is 2.28. The van der Waals surface area contributed by atoms with Gasteiger partial charge in [-0.15, -0.1) is 0 Å². The Balaban J connectivity index is 2.23. The fourth-order valence-corrected chi connectivity index (χ4v) is 1.85. The van der Waals surface area contributed by atoms with E-state index in [1.165, 1.54) is 6.07 Å². The second-order valence-corrected chi connectivity index (χ2v) is 4.29. The van der Waals surface area contributed by atoms with E-state index in [-0.39, 0.29) is 5.56 Å². The Morgan fingerprint density at radius 3 is 3.00 bits per heavy atom. The molecule has 1 heterocycles. The third-order valence-electron chi connectivity index (χ3n) is 2.61. The van der Waals surface area contributed by atoms with Crippen molar-refractivity contribution in [1.29, 1.82) is 0 Å². The molecular formula is C11H15ClN2O2. The first kappa shape index (κ1) is 11.6. The van der Waals surface area contributed by atoms with Crippen molar-refractivity contribution in [3.05, 3.63) is 27.4 Å². The molecule has 0 aromatic carbocycles. The van der Waals surface area contributed by atoms with Crippen LogP contribution in [-0.4, -0.2) is 22.8 Å². The predicted molar refractivity (Wildman–Crippen MR) is 62.0 cm³/mol. The van der Waals surface area contributed by atoms with Crippen molar-refractivity contribution in [1.82, 2.24) is 9.55 Å². The van der Waals surface area contributed by atoms with Crippen LogP contribution >= 0.6 is 11.6 Å². The maximum absolute atomic E-state index is 11.8. The fraction of sp³-hybridized carbons (Fsp3) is 0.636. The van der Waals surface area contributed by atoms with Gasteiger partial charge in [-0.3, -0.25) is 9.36 Å². The maximum Gasteiger partial charge on any atom is 0.255 e. The molecule has 0 radical (unpaired) electrons. The van der Waals surface area contributed by atoms with Gasteiger partial charge in [-0.25, -0.2) is 4.98 Å². The van der Waals surface area contributed by atoms with E-state index in [1.807, 2.05) is 6.92 Å². The van der Waals surface area contributed by atoms with Crippen LogP contribution in [-0.2, 0) is 11.3 Å². The van der Waals surface area contributed by atoms with Crippen molar-refractivity contribution < 1.29 is 4.74 Å². The number of hydrogen-bond acceptors (Lipinski definition) is 3. The molecule has 0 bridgehead atoms. The van der Waals surface area contributed by atoms with Gasteiger partial charge in [0.1, 0.15) is 11.0 Å². The maximum atomic E-state index is 11.8. The third kappa shape index (κ3) is 2.62. The van der Waals surface area contributed by atoms with Crippen molar-refractivity contribution in [2.24, 2.45) is 0 Å². The molecule has 4 nitrogen and oxygen atoms in total. The average Bonchev–Trinajstić information content (AvgIpc) is 3.04. The number of hydrogen-bond donors (Lipinski definition) is 0. The Morgan fingerprint density at radius 2 is 2.38 bits per heavy atom. The first-order valence-corrected chi connectivity index (χ1v) is 5.95. The summed E-state index contributed by atoms with van der Waals surface area (Å²) in [5.74, 6) is 1.23. The van der Waals surface area contributed by atoms with Gasteiger partial charge in [0.05, 0.1) is 13.2 Å². The number of halogens is 1. The lowest BCUT2D eigenvalue weighted by atomic mass is 10.3. The second kappa shape index (κ2) is 4.97. The molecule has 0 atom stereocenters. The smallest absolute Gasteiger partial charge is 0.255 e. The third-order valence-corrected chi connectivity index (χ3v) is 2.81. The minimum atomic E-state index is -0.0818. The van der Waals surface area contributed by atoms with Crippen LogP contribution in [0.3, 0.4) is 0 Å². The summed E-state index contributed by atoms with van der Waals surface area (Å²) in [6.07, 6.45) is 2.20. The summed E-state index contributed by atoms with van der Waals surface area (Å²) in [5, 5.41) is 0.291. The molecule has 0 unspecified atom stereocenters. The topological polar surface area (TPSA) is 44.1 Å². The number of ether oxygens (including phenoxy) is 1. The van der Waals surface area contributed by atoms with Gasteiger partial charge in [0.2, 0.25) is 0 Å². The van der Waals surface area contributed by atoms with Gasteiger partial charge in [-0.05, 0) is 19.8 Å². The Morgan fingerprint density at radius 1 is 1.62 bits per heavy atom. The van der Waals surface area contributed by atoms with Crippen molar-refractivity contribution >= 4 is 11.6 Å². The summed E-state index contributed by atoms with van der Waals surface area (Å²) in [5.41, 5.74) is -0.0818. The average molecular weight is 243 g/mol. The number of rotatable bonds is 5. The van der Waals surface area contributed by atoms with E-state index < -0.39 is 0 Å². The molecule has 1 aromatic rings. The molecule has 2 rings (SSSR count). The number of nitrogens with zero attached hydrogens (tertiary/aromatic N) is 2. The molecule has 0 saturated heterocycles. The van der Waals surface area contributed by atoms with Gasteiger partial charge in [0, 0.05) is 18.6 Å². The fourth-order valence-electron chi connectivity index (χ4n) is 1.67. The molecule has 0 spiro atoms. The van der Waals surface area contributed by atoms with Crippen LogP contribution < -0.4 is 5.56 Å². The zero-order valence-corrected chi connectivity index (χ0v) is 10.0. The highest BCUT2D eigenvalue weighted by Crippen LogP contribution is 2.38. The van der Waals surface area contributed by atoms with Gasteiger partial charge < -0.3 is 4.74 Å². The minimum Gasteiger partial charge on any atom is -0.380 e. The largest absolute Gasteiger partial charge is 0.380 e. The minimum absolute atomic E-state index is 0.0818. The van der Waals surface area contributed by atoms with Crippen molar-refractivity contribution in [3.63, 3.8) is 0 Å². The molecule has 0 N–H and O–H groups in total. The predicted octanol–water partition coefficient (Wildman–Crippen LogP) is 1.81. The second-order valence-electron chi connectivity index (χ2n) is 3.90. The summed E-state index contributed by atoms with van der Waals surface area (Å²) >= 11 is 5.80. The monoisotopic (exact) mass is 242 g/mol. The molecule has 16 heavy (non-hydrogen) atoms. The lowest BCUT2D eigenvalue weighted by Crippen LogP contribution is -2.26. The van der Waals surface area contributed by atoms with E-state index in [0.717, 1.165) is 18.7 Å². The van der Waals surface area contributed by atoms with E-state index in [1.54, 1.807) is 4.57 Å². The lowest BCUT2D eigenvalue weighted by Gasteiger charge is -2.11. The van der Waals surface area contributed by atoms with Crippen molar-refractivity contribution in [2.75, 3.05) is 13.2 Å². The SMILES string of the molecule is CCOCCn1c(C2CC2)nc(Cl)cc1=O. The van der Waals surface area contributed by atoms with E-state index in [2.05, 4.69) is 4.98 Å². The van der Waals surface area contributed by atoms with Crippen LogP contribution in [0.1, 0.15) is 31.5 Å². The first-order valence-electron chi connectivity index (χ1n) is 5.57. The van der Waals surface area contributed by atoms with E-state index in [0.29, 0.717) is 30.8 Å².